The van der Waals surface area contributed by atoms with E-state index in [1.54, 1.807) is 7.11 Å². The lowest BCUT2D eigenvalue weighted by Crippen LogP contribution is -2.30. The number of hydrogen-bond acceptors (Lipinski definition) is 6. The molecule has 0 spiro atoms. The average molecular weight is 273 g/mol. The minimum Gasteiger partial charge on any atom is -0.484 e. The van der Waals surface area contributed by atoms with Crippen LogP contribution in [0.25, 0.3) is 0 Å². The summed E-state index contributed by atoms with van der Waals surface area (Å²) >= 11 is 1.32. The Labute approximate surface area is 113 Å². The largest absolute Gasteiger partial charge is 0.484 e. The van der Waals surface area contributed by atoms with Crippen molar-refractivity contribution in [2.75, 3.05) is 24.8 Å². The number of methoxy groups -OCH3 is 1. The first kappa shape index (κ1) is 15.0. The van der Waals surface area contributed by atoms with Gasteiger partial charge in [0.25, 0.3) is 0 Å². The maximum absolute atomic E-state index is 5.82. The van der Waals surface area contributed by atoms with E-state index in [1.165, 1.54) is 11.5 Å². The van der Waals surface area contributed by atoms with E-state index in [1.807, 2.05) is 13.8 Å². The fraction of sp³-hybridized carbons (Fsp3) is 0.750. The van der Waals surface area contributed by atoms with Gasteiger partial charge in [0, 0.05) is 7.11 Å². The number of nitrogens with one attached hydrogen (secondary N) is 1. The summed E-state index contributed by atoms with van der Waals surface area (Å²) in [5.41, 5.74) is 5.82. The first-order chi connectivity index (χ1) is 8.45. The summed E-state index contributed by atoms with van der Waals surface area (Å²) in [7, 11) is 1.70. The Bertz CT molecular complexity index is 366. The number of nitrogens with zero attached hydrogens (tertiary/aromatic N) is 1. The van der Waals surface area contributed by atoms with Crippen molar-refractivity contribution in [3.05, 3.63) is 0 Å². The Morgan fingerprint density at radius 2 is 2.00 bits per heavy atom. The number of hydrogen-bond donors (Lipinski definition) is 2. The highest BCUT2D eigenvalue weighted by molar-refractivity contribution is 7.11. The average Bonchev–Trinajstić information content (AvgIpc) is 2.60. The van der Waals surface area contributed by atoms with Crippen LogP contribution in [0, 0.1) is 5.92 Å². The molecule has 6 heteroatoms. The third kappa shape index (κ3) is 4.03. The summed E-state index contributed by atoms with van der Waals surface area (Å²) in [5.74, 6) is 1.54. The van der Waals surface area contributed by atoms with Crippen LogP contribution >= 0.6 is 11.5 Å². The molecule has 1 heterocycles. The van der Waals surface area contributed by atoms with Crippen LogP contribution in [0.3, 0.4) is 0 Å². The molecule has 104 valence electrons. The summed E-state index contributed by atoms with van der Waals surface area (Å²) in [6, 6.07) is 0.212. The number of aromatic nitrogens is 1. The molecule has 0 amide bonds. The highest BCUT2D eigenvalue weighted by Gasteiger charge is 2.20. The van der Waals surface area contributed by atoms with Crippen molar-refractivity contribution in [3.8, 4) is 5.75 Å². The highest BCUT2D eigenvalue weighted by Crippen LogP contribution is 2.36. The van der Waals surface area contributed by atoms with Gasteiger partial charge in [0.15, 0.2) is 16.6 Å². The number of rotatable bonds is 7. The molecule has 1 rings (SSSR count). The van der Waals surface area contributed by atoms with Gasteiger partial charge in [0.05, 0.1) is 18.8 Å². The normalized spacial score (nSPS) is 13.1. The molecule has 18 heavy (non-hydrogen) atoms. The molecule has 0 fully saturated rings. The molecular weight excluding hydrogens is 250 g/mol. The second-order valence-electron chi connectivity index (χ2n) is 4.84. The van der Waals surface area contributed by atoms with Gasteiger partial charge in [-0.2, -0.15) is 4.37 Å². The molecular formula is C12H23N3O2S. The summed E-state index contributed by atoms with van der Waals surface area (Å²) in [6.07, 6.45) is 0.0733. The van der Waals surface area contributed by atoms with E-state index in [9.17, 15) is 0 Å². The Hall–Kier alpha value is -1.01. The number of nitrogens with two attached hydrogens (primary N) is 1. The molecule has 0 saturated carbocycles. The summed E-state index contributed by atoms with van der Waals surface area (Å²) in [4.78, 5) is 0. The Morgan fingerprint density at radius 1 is 1.33 bits per heavy atom. The van der Waals surface area contributed by atoms with Gasteiger partial charge >= 0.3 is 0 Å². The van der Waals surface area contributed by atoms with Crippen LogP contribution in [0.2, 0.25) is 0 Å². The zero-order valence-electron chi connectivity index (χ0n) is 11.7. The summed E-state index contributed by atoms with van der Waals surface area (Å²) in [6.45, 7) is 8.86. The van der Waals surface area contributed by atoms with Gasteiger partial charge in [-0.05, 0) is 31.3 Å². The summed E-state index contributed by atoms with van der Waals surface area (Å²) < 4.78 is 15.0. The van der Waals surface area contributed by atoms with Crippen LogP contribution in [0.5, 0.6) is 5.75 Å². The lowest BCUT2D eigenvalue weighted by Gasteiger charge is -2.22. The van der Waals surface area contributed by atoms with Crippen LogP contribution in [0.1, 0.15) is 27.7 Å². The third-order valence-electron chi connectivity index (χ3n) is 2.50. The molecule has 0 aliphatic heterocycles. The maximum Gasteiger partial charge on any atom is 0.197 e. The lowest BCUT2D eigenvalue weighted by molar-refractivity contribution is 0.171. The van der Waals surface area contributed by atoms with Gasteiger partial charge in [-0.15, -0.1) is 0 Å². The topological polar surface area (TPSA) is 69.4 Å². The molecule has 0 bridgehead atoms. The molecule has 0 aliphatic carbocycles. The Morgan fingerprint density at radius 3 is 2.50 bits per heavy atom. The van der Waals surface area contributed by atoms with Crippen molar-refractivity contribution in [1.82, 2.24) is 4.37 Å². The number of ether oxygens (including phenoxy) is 2. The molecule has 1 aromatic heterocycles. The first-order valence-electron chi connectivity index (χ1n) is 6.13. The smallest absolute Gasteiger partial charge is 0.197 e. The SMILES string of the molecule is COCC(Nc1snc(N)c1OC(C)C)C(C)C. The minimum absolute atomic E-state index is 0.0733. The van der Waals surface area contributed by atoms with Crippen molar-refractivity contribution in [3.63, 3.8) is 0 Å². The van der Waals surface area contributed by atoms with Crippen LogP contribution in [-0.4, -0.2) is 30.2 Å². The number of nitrogen functional groups attached to an aromatic ring is 1. The molecule has 0 radical (unpaired) electrons. The predicted molar refractivity (Wildman–Crippen MR) is 76.4 cm³/mol. The standard InChI is InChI=1S/C12H23N3O2S/c1-7(2)9(6-16-5)14-12-10(17-8(3)4)11(13)15-18-12/h7-9,14H,6H2,1-5H3,(H2,13,15). The Kier molecular flexibility index (Phi) is 5.68. The van der Waals surface area contributed by atoms with Crippen LogP contribution in [0.4, 0.5) is 10.8 Å². The fourth-order valence-electron chi connectivity index (χ4n) is 1.48. The van der Waals surface area contributed by atoms with E-state index >= 15 is 0 Å². The second-order valence-corrected chi connectivity index (χ2v) is 5.62. The molecule has 0 saturated heterocycles. The molecule has 1 aromatic rings. The molecule has 1 unspecified atom stereocenters. The zero-order chi connectivity index (χ0) is 13.7. The van der Waals surface area contributed by atoms with Crippen LogP contribution < -0.4 is 15.8 Å². The van der Waals surface area contributed by atoms with E-state index in [2.05, 4.69) is 23.5 Å². The van der Waals surface area contributed by atoms with Crippen LogP contribution in [-0.2, 0) is 4.74 Å². The van der Waals surface area contributed by atoms with Crippen molar-refractivity contribution < 1.29 is 9.47 Å². The van der Waals surface area contributed by atoms with Gasteiger partial charge in [-0.1, -0.05) is 13.8 Å². The molecule has 5 nitrogen and oxygen atoms in total. The zero-order valence-corrected chi connectivity index (χ0v) is 12.5. The van der Waals surface area contributed by atoms with Crippen molar-refractivity contribution in [2.24, 2.45) is 5.92 Å². The number of anilines is 2. The predicted octanol–water partition coefficient (Wildman–Crippen LogP) is 2.60. The third-order valence-corrected chi connectivity index (χ3v) is 3.27. The van der Waals surface area contributed by atoms with Gasteiger partial charge in [0.2, 0.25) is 0 Å². The molecule has 0 aromatic carbocycles. The van der Waals surface area contributed by atoms with Gasteiger partial charge in [0.1, 0.15) is 0 Å². The molecule has 3 N–H and O–H groups in total. The minimum atomic E-state index is 0.0733. The van der Waals surface area contributed by atoms with Crippen LogP contribution in [0.15, 0.2) is 0 Å². The monoisotopic (exact) mass is 273 g/mol. The van der Waals surface area contributed by atoms with Crippen molar-refractivity contribution in [2.45, 2.75) is 39.8 Å². The van der Waals surface area contributed by atoms with Crippen molar-refractivity contribution >= 4 is 22.4 Å². The lowest BCUT2D eigenvalue weighted by atomic mass is 10.1. The fourth-order valence-corrected chi connectivity index (χ4v) is 2.20. The van der Waals surface area contributed by atoms with Gasteiger partial charge < -0.3 is 20.5 Å². The first-order valence-corrected chi connectivity index (χ1v) is 6.90. The van der Waals surface area contributed by atoms with Gasteiger partial charge in [-0.3, -0.25) is 0 Å². The van der Waals surface area contributed by atoms with E-state index < -0.39 is 0 Å². The quantitative estimate of drug-likeness (QED) is 0.799. The summed E-state index contributed by atoms with van der Waals surface area (Å²) in [5, 5.41) is 4.27. The molecule has 1 atom stereocenters. The van der Waals surface area contributed by atoms with Crippen molar-refractivity contribution in [1.29, 1.82) is 0 Å². The van der Waals surface area contributed by atoms with E-state index in [0.29, 0.717) is 24.1 Å². The second kappa shape index (κ2) is 6.80. The van der Waals surface area contributed by atoms with E-state index in [4.69, 9.17) is 15.2 Å². The highest BCUT2D eigenvalue weighted by atomic mass is 32.1. The maximum atomic E-state index is 5.82. The molecule has 0 aliphatic rings. The van der Waals surface area contributed by atoms with E-state index in [-0.39, 0.29) is 12.1 Å². The Balaban J connectivity index is 2.82. The van der Waals surface area contributed by atoms with E-state index in [0.717, 1.165) is 5.00 Å². The van der Waals surface area contributed by atoms with Gasteiger partial charge in [-0.25, -0.2) is 0 Å².